The molecule has 0 bridgehead atoms. The summed E-state index contributed by atoms with van der Waals surface area (Å²) >= 11 is 1.58. The van der Waals surface area contributed by atoms with Crippen LogP contribution >= 0.6 is 11.8 Å². The monoisotopic (exact) mass is 335 g/mol. The molecular weight excluding hydrogens is 318 g/mol. The molecule has 1 aromatic heterocycles. The predicted molar refractivity (Wildman–Crippen MR) is 88.7 cm³/mol. The summed E-state index contributed by atoms with van der Waals surface area (Å²) in [4.78, 5) is 34.7. The van der Waals surface area contributed by atoms with Gasteiger partial charge in [-0.15, -0.1) is 0 Å². The van der Waals surface area contributed by atoms with Crippen LogP contribution in [0.1, 0.15) is 13.3 Å². The van der Waals surface area contributed by atoms with Gasteiger partial charge in [0.15, 0.2) is 0 Å². The van der Waals surface area contributed by atoms with Crippen LogP contribution in [0, 0.1) is 0 Å². The van der Waals surface area contributed by atoms with Gasteiger partial charge in [0.2, 0.25) is 5.91 Å². The average Bonchev–Trinajstić information content (AvgIpc) is 2.50. The highest BCUT2D eigenvalue weighted by Crippen LogP contribution is 2.20. The Labute approximate surface area is 137 Å². The fraction of sp³-hybridized carbons (Fsp3) is 0.312. The number of nitrogens with one attached hydrogen (secondary N) is 1. The van der Waals surface area contributed by atoms with Crippen molar-refractivity contribution >= 4 is 34.6 Å². The number of benzene rings is 1. The molecule has 0 unspecified atom stereocenters. The number of hydrogen-bond acceptors (Lipinski definition) is 6. The molecule has 122 valence electrons. The van der Waals surface area contributed by atoms with E-state index in [0.717, 1.165) is 5.39 Å². The van der Waals surface area contributed by atoms with E-state index in [9.17, 15) is 14.4 Å². The molecule has 2 aromatic rings. The lowest BCUT2D eigenvalue weighted by Crippen LogP contribution is -2.42. The molecule has 0 radical (unpaired) electrons. The Morgan fingerprint density at radius 3 is 2.74 bits per heavy atom. The van der Waals surface area contributed by atoms with Gasteiger partial charge in [-0.1, -0.05) is 0 Å². The van der Waals surface area contributed by atoms with Gasteiger partial charge in [-0.3, -0.25) is 4.79 Å². The lowest BCUT2D eigenvalue weighted by atomic mass is 10.2. The Morgan fingerprint density at radius 1 is 1.30 bits per heavy atom. The molecule has 1 heterocycles. The molecule has 0 saturated heterocycles. The molecule has 0 aliphatic heterocycles. The molecule has 2 rings (SSSR count). The van der Waals surface area contributed by atoms with E-state index in [0.29, 0.717) is 17.8 Å². The van der Waals surface area contributed by atoms with Gasteiger partial charge in [0.1, 0.15) is 17.4 Å². The number of rotatable bonds is 6. The number of esters is 1. The maximum atomic E-state index is 12.2. The van der Waals surface area contributed by atoms with Crippen LogP contribution < -0.4 is 15.7 Å². The summed E-state index contributed by atoms with van der Waals surface area (Å²) in [6.45, 7) is 1.35. The average molecular weight is 335 g/mol. The van der Waals surface area contributed by atoms with Gasteiger partial charge in [-0.05, 0) is 36.6 Å². The van der Waals surface area contributed by atoms with Crippen molar-refractivity contribution in [3.63, 3.8) is 0 Å². The second kappa shape index (κ2) is 7.82. The molecular formula is C16H17NO5S. The minimum Gasteiger partial charge on any atom is -0.425 e. The molecule has 1 amide bonds. The number of hydrogen-bond donors (Lipinski definition) is 1. The summed E-state index contributed by atoms with van der Waals surface area (Å²) in [6, 6.07) is 7.02. The molecule has 1 atom stereocenters. The molecule has 1 N–H and O–H groups in total. The van der Waals surface area contributed by atoms with E-state index in [2.05, 4.69) is 5.32 Å². The van der Waals surface area contributed by atoms with Crippen LogP contribution in [0.15, 0.2) is 39.5 Å². The standard InChI is InChI=1S/C16H17NO5S/c1-10(18)17-13(7-8-23-2)16(20)21-12-5-3-11-4-6-15(19)22-14(11)9-12/h3-6,9,13H,7-8H2,1-2H3,(H,17,18)/t13-/m0/s1. The van der Waals surface area contributed by atoms with Gasteiger partial charge in [0.25, 0.3) is 0 Å². The Kier molecular flexibility index (Phi) is 5.81. The normalized spacial score (nSPS) is 11.9. The van der Waals surface area contributed by atoms with E-state index in [1.807, 2.05) is 6.26 Å². The van der Waals surface area contributed by atoms with Crippen molar-refractivity contribution in [2.75, 3.05) is 12.0 Å². The molecule has 6 nitrogen and oxygen atoms in total. The summed E-state index contributed by atoms with van der Waals surface area (Å²) in [7, 11) is 0. The van der Waals surface area contributed by atoms with Crippen LogP contribution in [0.25, 0.3) is 11.0 Å². The van der Waals surface area contributed by atoms with Gasteiger partial charge in [0, 0.05) is 24.4 Å². The van der Waals surface area contributed by atoms with Gasteiger partial charge in [-0.2, -0.15) is 11.8 Å². The van der Waals surface area contributed by atoms with Crippen molar-refractivity contribution in [3.8, 4) is 5.75 Å². The van der Waals surface area contributed by atoms with Gasteiger partial charge in [0.05, 0.1) is 0 Å². The van der Waals surface area contributed by atoms with Crippen LogP contribution in [-0.2, 0) is 9.59 Å². The van der Waals surface area contributed by atoms with E-state index >= 15 is 0 Å². The highest BCUT2D eigenvalue weighted by molar-refractivity contribution is 7.98. The summed E-state index contributed by atoms with van der Waals surface area (Å²) in [6.07, 6.45) is 2.39. The van der Waals surface area contributed by atoms with Crippen LogP contribution in [0.5, 0.6) is 5.75 Å². The highest BCUT2D eigenvalue weighted by atomic mass is 32.2. The van der Waals surface area contributed by atoms with Crippen molar-refractivity contribution < 1.29 is 18.7 Å². The molecule has 23 heavy (non-hydrogen) atoms. The fourth-order valence-electron chi connectivity index (χ4n) is 2.02. The zero-order chi connectivity index (χ0) is 16.8. The van der Waals surface area contributed by atoms with Crippen molar-refractivity contribution in [1.82, 2.24) is 5.32 Å². The zero-order valence-electron chi connectivity index (χ0n) is 12.8. The first-order valence-electron chi connectivity index (χ1n) is 7.01. The molecule has 7 heteroatoms. The lowest BCUT2D eigenvalue weighted by molar-refractivity contribution is -0.139. The number of fused-ring (bicyclic) bond motifs is 1. The molecule has 0 fully saturated rings. The first kappa shape index (κ1) is 17.1. The molecule has 0 saturated carbocycles. The van der Waals surface area contributed by atoms with Gasteiger partial charge in [-0.25, -0.2) is 9.59 Å². The maximum Gasteiger partial charge on any atom is 0.336 e. The zero-order valence-corrected chi connectivity index (χ0v) is 13.6. The number of ether oxygens (including phenoxy) is 1. The minimum absolute atomic E-state index is 0.261. The number of amides is 1. The Bertz CT molecular complexity index is 770. The minimum atomic E-state index is -0.710. The quantitative estimate of drug-likeness (QED) is 0.493. The van der Waals surface area contributed by atoms with Gasteiger partial charge >= 0.3 is 11.6 Å². The van der Waals surface area contributed by atoms with Gasteiger partial charge < -0.3 is 14.5 Å². The highest BCUT2D eigenvalue weighted by Gasteiger charge is 2.21. The first-order valence-corrected chi connectivity index (χ1v) is 8.40. The Balaban J connectivity index is 2.16. The smallest absolute Gasteiger partial charge is 0.336 e. The van der Waals surface area contributed by atoms with Crippen LogP contribution in [0.4, 0.5) is 0 Å². The third-order valence-corrected chi connectivity index (χ3v) is 3.73. The second-order valence-electron chi connectivity index (χ2n) is 4.91. The summed E-state index contributed by atoms with van der Waals surface area (Å²) in [5.41, 5.74) is -0.139. The Hall–Kier alpha value is -2.28. The third-order valence-electron chi connectivity index (χ3n) is 3.09. The largest absolute Gasteiger partial charge is 0.425 e. The fourth-order valence-corrected chi connectivity index (χ4v) is 2.49. The van der Waals surface area contributed by atoms with E-state index < -0.39 is 17.6 Å². The number of thioether (sulfide) groups is 1. The van der Waals surface area contributed by atoms with Crippen LogP contribution in [-0.4, -0.2) is 29.9 Å². The van der Waals surface area contributed by atoms with E-state index in [1.165, 1.54) is 19.1 Å². The van der Waals surface area contributed by atoms with E-state index in [4.69, 9.17) is 9.15 Å². The molecule has 0 aliphatic carbocycles. The topological polar surface area (TPSA) is 85.6 Å². The Morgan fingerprint density at radius 2 is 2.04 bits per heavy atom. The molecule has 1 aromatic carbocycles. The first-order chi connectivity index (χ1) is 11.0. The van der Waals surface area contributed by atoms with Crippen molar-refractivity contribution in [1.29, 1.82) is 0 Å². The summed E-state index contributed by atoms with van der Waals surface area (Å²) in [5.74, 6) is 0.132. The number of carbonyl (C=O) groups excluding carboxylic acids is 2. The molecule has 0 spiro atoms. The van der Waals surface area contributed by atoms with Crippen molar-refractivity contribution in [3.05, 3.63) is 40.8 Å². The third kappa shape index (κ3) is 4.85. The van der Waals surface area contributed by atoms with E-state index in [-0.39, 0.29) is 11.7 Å². The molecule has 0 aliphatic rings. The van der Waals surface area contributed by atoms with Crippen molar-refractivity contribution in [2.45, 2.75) is 19.4 Å². The maximum absolute atomic E-state index is 12.2. The van der Waals surface area contributed by atoms with Crippen LogP contribution in [0.2, 0.25) is 0 Å². The SMILES string of the molecule is CSCC[C@H](NC(C)=O)C(=O)Oc1ccc2ccc(=O)oc2c1. The summed E-state index contributed by atoms with van der Waals surface area (Å²) in [5, 5.41) is 3.31. The van der Waals surface area contributed by atoms with Crippen LogP contribution in [0.3, 0.4) is 0 Å². The number of carbonyl (C=O) groups is 2. The van der Waals surface area contributed by atoms with Crippen molar-refractivity contribution in [2.24, 2.45) is 0 Å². The lowest BCUT2D eigenvalue weighted by Gasteiger charge is -2.16. The predicted octanol–water partition coefficient (Wildman–Crippen LogP) is 1.96. The second-order valence-corrected chi connectivity index (χ2v) is 5.90. The van der Waals surface area contributed by atoms with E-state index in [1.54, 1.807) is 30.0 Å². The summed E-state index contributed by atoms with van der Waals surface area (Å²) < 4.78 is 10.4.